The van der Waals surface area contributed by atoms with Crippen molar-refractivity contribution in [2.45, 2.75) is 13.3 Å². The molecule has 0 bridgehead atoms. The van der Waals surface area contributed by atoms with Gasteiger partial charge in [-0.1, -0.05) is 6.07 Å². The molecule has 0 unspecified atom stereocenters. The van der Waals surface area contributed by atoms with Crippen LogP contribution in [0.25, 0.3) is 0 Å². The van der Waals surface area contributed by atoms with Gasteiger partial charge in [-0.15, -0.1) is 0 Å². The first kappa shape index (κ1) is 13.9. The van der Waals surface area contributed by atoms with Gasteiger partial charge >= 0.3 is 0 Å². The van der Waals surface area contributed by atoms with Gasteiger partial charge in [0.1, 0.15) is 11.6 Å². The van der Waals surface area contributed by atoms with Crippen LogP contribution in [-0.2, 0) is 6.42 Å². The lowest BCUT2D eigenvalue weighted by atomic mass is 10.1. The number of aromatic nitrogens is 2. The van der Waals surface area contributed by atoms with Crippen molar-refractivity contribution in [1.82, 2.24) is 9.97 Å². The van der Waals surface area contributed by atoms with Crippen LogP contribution in [0.5, 0.6) is 11.5 Å². The lowest BCUT2D eigenvalue weighted by molar-refractivity contribution is 0.354. The smallest absolute Gasteiger partial charge is 0.255 e. The van der Waals surface area contributed by atoms with E-state index < -0.39 is 0 Å². The van der Waals surface area contributed by atoms with Crippen LogP contribution in [-0.4, -0.2) is 24.2 Å². The fraction of sp³-hybridized carbons (Fsp3) is 0.286. The Morgan fingerprint density at radius 2 is 1.95 bits per heavy atom. The highest BCUT2D eigenvalue weighted by atomic mass is 16.5. The Hall–Kier alpha value is -2.50. The van der Waals surface area contributed by atoms with Gasteiger partial charge in [-0.2, -0.15) is 0 Å². The highest BCUT2D eigenvalue weighted by molar-refractivity contribution is 5.44. The summed E-state index contributed by atoms with van der Waals surface area (Å²) in [5, 5.41) is 0. The average Bonchev–Trinajstić information content (AvgIpc) is 2.44. The largest absolute Gasteiger partial charge is 0.493 e. The third-order valence-corrected chi connectivity index (χ3v) is 3.06. The molecule has 20 heavy (non-hydrogen) atoms. The van der Waals surface area contributed by atoms with E-state index in [4.69, 9.17) is 15.2 Å². The first-order chi connectivity index (χ1) is 9.55. The number of nitrogen functional groups attached to an aromatic ring is 1. The van der Waals surface area contributed by atoms with E-state index in [0.29, 0.717) is 29.3 Å². The number of methoxy groups -OCH3 is 2. The number of rotatable bonds is 4. The van der Waals surface area contributed by atoms with Gasteiger partial charge in [0.05, 0.1) is 19.8 Å². The van der Waals surface area contributed by atoms with Crippen molar-refractivity contribution in [1.29, 1.82) is 0 Å². The molecule has 0 saturated heterocycles. The Morgan fingerprint density at radius 3 is 2.55 bits per heavy atom. The summed E-state index contributed by atoms with van der Waals surface area (Å²) in [5.74, 6) is 2.06. The molecule has 0 aliphatic carbocycles. The first-order valence-corrected chi connectivity index (χ1v) is 6.11. The second kappa shape index (κ2) is 5.64. The van der Waals surface area contributed by atoms with Gasteiger partial charge in [0.25, 0.3) is 5.56 Å². The fourth-order valence-electron chi connectivity index (χ4n) is 1.87. The molecule has 106 valence electrons. The molecule has 0 radical (unpaired) electrons. The van der Waals surface area contributed by atoms with Crippen molar-refractivity contribution in [2.24, 2.45) is 0 Å². The van der Waals surface area contributed by atoms with Crippen LogP contribution >= 0.6 is 0 Å². The molecule has 6 heteroatoms. The predicted octanol–water partition coefficient (Wildman–Crippen LogP) is 1.27. The molecule has 0 saturated carbocycles. The summed E-state index contributed by atoms with van der Waals surface area (Å²) in [6.45, 7) is 1.64. The van der Waals surface area contributed by atoms with Crippen molar-refractivity contribution in [3.8, 4) is 11.5 Å². The number of benzene rings is 1. The second-order valence-corrected chi connectivity index (χ2v) is 4.39. The van der Waals surface area contributed by atoms with Gasteiger partial charge in [0.2, 0.25) is 0 Å². The van der Waals surface area contributed by atoms with E-state index in [9.17, 15) is 4.79 Å². The van der Waals surface area contributed by atoms with Crippen LogP contribution in [0.15, 0.2) is 23.0 Å². The van der Waals surface area contributed by atoms with Crippen LogP contribution in [0.3, 0.4) is 0 Å². The monoisotopic (exact) mass is 275 g/mol. The zero-order valence-corrected chi connectivity index (χ0v) is 11.7. The quantitative estimate of drug-likeness (QED) is 0.877. The third kappa shape index (κ3) is 2.74. The summed E-state index contributed by atoms with van der Waals surface area (Å²) in [4.78, 5) is 18.5. The summed E-state index contributed by atoms with van der Waals surface area (Å²) >= 11 is 0. The molecule has 6 nitrogen and oxygen atoms in total. The topological polar surface area (TPSA) is 90.2 Å². The number of ether oxygens (including phenoxy) is 2. The molecule has 0 fully saturated rings. The Kier molecular flexibility index (Phi) is 3.93. The van der Waals surface area contributed by atoms with Gasteiger partial charge < -0.3 is 20.2 Å². The molecule has 0 atom stereocenters. The fourth-order valence-corrected chi connectivity index (χ4v) is 1.87. The minimum absolute atomic E-state index is 0.215. The Bertz CT molecular complexity index is 680. The van der Waals surface area contributed by atoms with Gasteiger partial charge in [0.15, 0.2) is 11.5 Å². The Morgan fingerprint density at radius 1 is 1.25 bits per heavy atom. The molecule has 2 aromatic rings. The molecule has 0 aliphatic rings. The van der Waals surface area contributed by atoms with Crippen molar-refractivity contribution in [2.75, 3.05) is 20.0 Å². The van der Waals surface area contributed by atoms with E-state index in [1.165, 1.54) is 0 Å². The highest BCUT2D eigenvalue weighted by Gasteiger charge is 2.08. The average molecular weight is 275 g/mol. The third-order valence-electron chi connectivity index (χ3n) is 3.06. The molecule has 1 aromatic carbocycles. The number of H-pyrrole nitrogens is 1. The van der Waals surface area contributed by atoms with Crippen LogP contribution in [0.1, 0.15) is 17.0 Å². The lowest BCUT2D eigenvalue weighted by Crippen LogP contribution is -2.17. The zero-order valence-electron chi connectivity index (χ0n) is 11.7. The number of nitrogens with two attached hydrogens (primary N) is 1. The van der Waals surface area contributed by atoms with Gasteiger partial charge in [-0.3, -0.25) is 4.79 Å². The maximum Gasteiger partial charge on any atom is 0.255 e. The van der Waals surface area contributed by atoms with Crippen LogP contribution < -0.4 is 20.8 Å². The van der Waals surface area contributed by atoms with Crippen LogP contribution in [0, 0.1) is 6.92 Å². The summed E-state index contributed by atoms with van der Waals surface area (Å²) in [5.41, 5.74) is 6.86. The summed E-state index contributed by atoms with van der Waals surface area (Å²) < 4.78 is 10.4. The number of hydrogen-bond donors (Lipinski definition) is 2. The molecule has 2 rings (SSSR count). The minimum Gasteiger partial charge on any atom is -0.493 e. The predicted molar refractivity (Wildman–Crippen MR) is 76.4 cm³/mol. The van der Waals surface area contributed by atoms with Gasteiger partial charge in [-0.25, -0.2) is 4.98 Å². The molecule has 3 N–H and O–H groups in total. The van der Waals surface area contributed by atoms with E-state index in [1.807, 2.05) is 18.2 Å². The SMILES string of the molecule is COc1ccc(Cc2nc(N)c(C)c(=O)[nH]2)cc1OC. The number of nitrogens with zero attached hydrogens (tertiary/aromatic N) is 1. The van der Waals surface area contributed by atoms with Crippen LogP contribution in [0.4, 0.5) is 5.82 Å². The van der Waals surface area contributed by atoms with Crippen molar-refractivity contribution >= 4 is 5.82 Å². The first-order valence-electron chi connectivity index (χ1n) is 6.11. The molecule has 0 aliphatic heterocycles. The van der Waals surface area contributed by atoms with E-state index in [0.717, 1.165) is 5.56 Å². The Balaban J connectivity index is 2.33. The normalized spacial score (nSPS) is 10.3. The summed E-state index contributed by atoms with van der Waals surface area (Å²) in [7, 11) is 3.16. The number of hydrogen-bond acceptors (Lipinski definition) is 5. The van der Waals surface area contributed by atoms with E-state index in [-0.39, 0.29) is 11.4 Å². The molecular formula is C14H17N3O3. The summed E-state index contributed by atoms with van der Waals surface area (Å²) in [6, 6.07) is 5.54. The number of nitrogens with one attached hydrogen (secondary N) is 1. The molecular weight excluding hydrogens is 258 g/mol. The molecule has 0 amide bonds. The summed E-state index contributed by atoms with van der Waals surface area (Å²) in [6.07, 6.45) is 0.458. The van der Waals surface area contributed by atoms with Crippen molar-refractivity contribution in [3.63, 3.8) is 0 Å². The van der Waals surface area contributed by atoms with E-state index in [1.54, 1.807) is 21.1 Å². The van der Waals surface area contributed by atoms with Crippen molar-refractivity contribution < 1.29 is 9.47 Å². The number of anilines is 1. The molecule has 1 heterocycles. The van der Waals surface area contributed by atoms with E-state index in [2.05, 4.69) is 9.97 Å². The Labute approximate surface area is 116 Å². The maximum absolute atomic E-state index is 11.7. The highest BCUT2D eigenvalue weighted by Crippen LogP contribution is 2.28. The van der Waals surface area contributed by atoms with Gasteiger partial charge in [0, 0.05) is 6.42 Å². The zero-order chi connectivity index (χ0) is 14.7. The van der Waals surface area contributed by atoms with Crippen LogP contribution in [0.2, 0.25) is 0 Å². The second-order valence-electron chi connectivity index (χ2n) is 4.39. The standard InChI is InChI=1S/C14H17N3O3/c1-8-13(15)16-12(17-14(8)18)7-9-4-5-10(19-2)11(6-9)20-3/h4-6H,7H2,1-3H3,(H3,15,16,17,18). The maximum atomic E-state index is 11.7. The number of aromatic amines is 1. The van der Waals surface area contributed by atoms with E-state index >= 15 is 0 Å². The minimum atomic E-state index is -0.215. The van der Waals surface area contributed by atoms with Gasteiger partial charge in [-0.05, 0) is 24.6 Å². The molecule has 1 aromatic heterocycles. The van der Waals surface area contributed by atoms with Crippen molar-refractivity contribution in [3.05, 3.63) is 45.5 Å². The molecule has 0 spiro atoms. The lowest BCUT2D eigenvalue weighted by Gasteiger charge is -2.09.